The molecule has 1 saturated carbocycles. The number of sulfonamides is 1. The summed E-state index contributed by atoms with van der Waals surface area (Å²) in [5.74, 6) is 0.694. The lowest BCUT2D eigenvalue weighted by Gasteiger charge is -2.31. The van der Waals surface area contributed by atoms with E-state index in [2.05, 4.69) is 6.92 Å². The van der Waals surface area contributed by atoms with Crippen molar-refractivity contribution in [2.45, 2.75) is 50.7 Å². The molecule has 2 rings (SSSR count). The third-order valence-corrected chi connectivity index (χ3v) is 6.22. The molecule has 3 nitrogen and oxygen atoms in total. The molecule has 2 aliphatic rings. The summed E-state index contributed by atoms with van der Waals surface area (Å²) in [6, 6.07) is 0. The maximum Gasteiger partial charge on any atom is 0.216 e. The first-order valence-electron chi connectivity index (χ1n) is 6.09. The first-order chi connectivity index (χ1) is 7.10. The van der Waals surface area contributed by atoms with Crippen LogP contribution in [0.1, 0.15) is 45.4 Å². The summed E-state index contributed by atoms with van der Waals surface area (Å²) >= 11 is 0. The number of rotatable bonds is 2. The van der Waals surface area contributed by atoms with Crippen LogP contribution in [0.4, 0.5) is 0 Å². The van der Waals surface area contributed by atoms with Crippen molar-refractivity contribution in [1.82, 2.24) is 4.31 Å². The average molecular weight is 231 g/mol. The fourth-order valence-electron chi connectivity index (χ4n) is 2.64. The third-order valence-electron chi connectivity index (χ3n) is 3.83. The van der Waals surface area contributed by atoms with Gasteiger partial charge in [-0.2, -0.15) is 0 Å². The van der Waals surface area contributed by atoms with Gasteiger partial charge >= 0.3 is 0 Å². The standard InChI is InChI=1S/C11H21NO2S/c1-10-6-8-12(9-7-10)15(13,14)11-4-2-3-5-11/h10-11H,2-9H2,1H3. The van der Waals surface area contributed by atoms with Crippen molar-refractivity contribution < 1.29 is 8.42 Å². The largest absolute Gasteiger partial charge is 0.216 e. The summed E-state index contributed by atoms with van der Waals surface area (Å²) in [5, 5.41) is -0.0640. The van der Waals surface area contributed by atoms with Gasteiger partial charge in [0.05, 0.1) is 5.25 Å². The minimum atomic E-state index is -2.95. The second-order valence-electron chi connectivity index (χ2n) is 5.03. The summed E-state index contributed by atoms with van der Waals surface area (Å²) in [7, 11) is -2.95. The topological polar surface area (TPSA) is 37.4 Å². The predicted molar refractivity (Wildman–Crippen MR) is 61.1 cm³/mol. The molecule has 2 fully saturated rings. The van der Waals surface area contributed by atoms with Gasteiger partial charge in [0.1, 0.15) is 0 Å². The van der Waals surface area contributed by atoms with Crippen LogP contribution in [0.5, 0.6) is 0 Å². The number of hydrogen-bond acceptors (Lipinski definition) is 2. The van der Waals surface area contributed by atoms with Crippen molar-refractivity contribution >= 4 is 10.0 Å². The highest BCUT2D eigenvalue weighted by Crippen LogP contribution is 2.29. The lowest BCUT2D eigenvalue weighted by atomic mass is 10.0. The molecule has 1 heterocycles. The molecule has 1 aliphatic carbocycles. The van der Waals surface area contributed by atoms with Crippen LogP contribution in [-0.2, 0) is 10.0 Å². The van der Waals surface area contributed by atoms with Crippen LogP contribution >= 0.6 is 0 Å². The van der Waals surface area contributed by atoms with E-state index < -0.39 is 10.0 Å². The molecule has 4 heteroatoms. The monoisotopic (exact) mass is 231 g/mol. The van der Waals surface area contributed by atoms with E-state index in [1.54, 1.807) is 4.31 Å². The minimum Gasteiger partial charge on any atom is -0.212 e. The Bertz CT molecular complexity index is 299. The second-order valence-corrected chi connectivity index (χ2v) is 7.25. The Hall–Kier alpha value is -0.0900. The summed E-state index contributed by atoms with van der Waals surface area (Å²) < 4.78 is 26.2. The maximum absolute atomic E-state index is 12.2. The highest BCUT2D eigenvalue weighted by atomic mass is 32.2. The molecule has 0 aromatic carbocycles. The van der Waals surface area contributed by atoms with Gasteiger partial charge in [-0.3, -0.25) is 0 Å². The molecule has 0 aromatic heterocycles. The predicted octanol–water partition coefficient (Wildman–Crippen LogP) is 1.99. The van der Waals surface area contributed by atoms with Crippen LogP contribution in [-0.4, -0.2) is 31.1 Å². The van der Waals surface area contributed by atoms with E-state index in [1.807, 2.05) is 0 Å². The number of piperidine rings is 1. The zero-order valence-electron chi connectivity index (χ0n) is 9.48. The Balaban J connectivity index is 2.02. The van der Waals surface area contributed by atoms with Gasteiger partial charge in [0, 0.05) is 13.1 Å². The van der Waals surface area contributed by atoms with E-state index >= 15 is 0 Å². The first-order valence-corrected chi connectivity index (χ1v) is 7.60. The van der Waals surface area contributed by atoms with Crippen LogP contribution < -0.4 is 0 Å². The highest BCUT2D eigenvalue weighted by Gasteiger charge is 2.35. The van der Waals surface area contributed by atoms with Gasteiger partial charge in [0.15, 0.2) is 0 Å². The molecule has 88 valence electrons. The summed E-state index contributed by atoms with van der Waals surface area (Å²) in [5.41, 5.74) is 0. The Labute approximate surface area is 92.9 Å². The Kier molecular flexibility index (Phi) is 3.36. The van der Waals surface area contributed by atoms with Crippen LogP contribution in [0.3, 0.4) is 0 Å². The summed E-state index contributed by atoms with van der Waals surface area (Å²) in [6.45, 7) is 3.71. The Morgan fingerprint density at radius 1 is 1.00 bits per heavy atom. The van der Waals surface area contributed by atoms with Crippen molar-refractivity contribution in [2.24, 2.45) is 5.92 Å². The van der Waals surface area contributed by atoms with Gasteiger partial charge < -0.3 is 0 Å². The van der Waals surface area contributed by atoms with Gasteiger partial charge in [0.25, 0.3) is 0 Å². The van der Waals surface area contributed by atoms with Crippen LogP contribution in [0.15, 0.2) is 0 Å². The van der Waals surface area contributed by atoms with Crippen LogP contribution in [0.2, 0.25) is 0 Å². The van der Waals surface area contributed by atoms with E-state index in [0.29, 0.717) is 5.92 Å². The first kappa shape index (κ1) is 11.4. The van der Waals surface area contributed by atoms with Crippen molar-refractivity contribution in [3.05, 3.63) is 0 Å². The SMILES string of the molecule is CC1CCN(S(=O)(=O)C2CCCC2)CC1. The van der Waals surface area contributed by atoms with Crippen molar-refractivity contribution in [1.29, 1.82) is 0 Å². The quantitative estimate of drug-likeness (QED) is 0.729. The van der Waals surface area contributed by atoms with Gasteiger partial charge in [-0.15, -0.1) is 0 Å². The highest BCUT2D eigenvalue weighted by molar-refractivity contribution is 7.89. The van der Waals surface area contributed by atoms with Gasteiger partial charge in [-0.1, -0.05) is 19.8 Å². The smallest absolute Gasteiger partial charge is 0.212 e. The number of nitrogens with zero attached hydrogens (tertiary/aromatic N) is 1. The van der Waals surface area contributed by atoms with E-state index in [4.69, 9.17) is 0 Å². The molecule has 0 bridgehead atoms. The maximum atomic E-state index is 12.2. The molecule has 1 aliphatic heterocycles. The molecular formula is C11H21NO2S. The van der Waals surface area contributed by atoms with Crippen LogP contribution in [0, 0.1) is 5.92 Å². The molecule has 0 spiro atoms. The molecule has 15 heavy (non-hydrogen) atoms. The summed E-state index contributed by atoms with van der Waals surface area (Å²) in [6.07, 6.45) is 6.02. The van der Waals surface area contributed by atoms with Gasteiger partial charge in [-0.05, 0) is 31.6 Å². The fraction of sp³-hybridized carbons (Fsp3) is 1.00. The normalized spacial score (nSPS) is 27.3. The molecule has 0 aromatic rings. The van der Waals surface area contributed by atoms with E-state index in [1.165, 1.54) is 0 Å². The molecule has 0 amide bonds. The second kappa shape index (κ2) is 4.42. The average Bonchev–Trinajstić information content (AvgIpc) is 2.71. The van der Waals surface area contributed by atoms with Gasteiger partial charge in [-0.25, -0.2) is 12.7 Å². The van der Waals surface area contributed by atoms with Crippen molar-refractivity contribution in [3.63, 3.8) is 0 Å². The molecule has 0 N–H and O–H groups in total. The fourth-order valence-corrected chi connectivity index (χ4v) is 4.71. The summed E-state index contributed by atoms with van der Waals surface area (Å²) in [4.78, 5) is 0. The van der Waals surface area contributed by atoms with E-state index in [-0.39, 0.29) is 5.25 Å². The zero-order chi connectivity index (χ0) is 10.9. The van der Waals surface area contributed by atoms with Crippen molar-refractivity contribution in [3.8, 4) is 0 Å². The molecule has 0 radical (unpaired) electrons. The lowest BCUT2D eigenvalue weighted by molar-refractivity contribution is 0.285. The zero-order valence-corrected chi connectivity index (χ0v) is 10.3. The van der Waals surface area contributed by atoms with Crippen molar-refractivity contribution in [2.75, 3.05) is 13.1 Å². The minimum absolute atomic E-state index is 0.0640. The Morgan fingerprint density at radius 2 is 1.53 bits per heavy atom. The van der Waals surface area contributed by atoms with E-state index in [0.717, 1.165) is 51.6 Å². The molecular weight excluding hydrogens is 210 g/mol. The van der Waals surface area contributed by atoms with Crippen LogP contribution in [0.25, 0.3) is 0 Å². The molecule has 0 atom stereocenters. The van der Waals surface area contributed by atoms with E-state index in [9.17, 15) is 8.42 Å². The number of hydrogen-bond donors (Lipinski definition) is 0. The molecule has 0 unspecified atom stereocenters. The third kappa shape index (κ3) is 2.36. The Morgan fingerprint density at radius 3 is 2.07 bits per heavy atom. The lowest BCUT2D eigenvalue weighted by Crippen LogP contribution is -2.42. The van der Waals surface area contributed by atoms with Gasteiger partial charge in [0.2, 0.25) is 10.0 Å². The molecule has 1 saturated heterocycles.